The molecule has 0 saturated heterocycles. The maximum absolute atomic E-state index is 11.4. The fraction of sp³-hybridized carbons (Fsp3) is 0.250. The Labute approximate surface area is 131 Å². The first-order chi connectivity index (χ1) is 10.8. The summed E-state index contributed by atoms with van der Waals surface area (Å²) in [5.74, 6) is 0.119. The highest BCUT2D eigenvalue weighted by Gasteiger charge is 2.30. The molecular formula is C20H20O2. The van der Waals surface area contributed by atoms with Gasteiger partial charge in [0.05, 0.1) is 5.92 Å². The van der Waals surface area contributed by atoms with Crippen LogP contribution < -0.4 is 0 Å². The van der Waals surface area contributed by atoms with Crippen molar-refractivity contribution in [3.8, 4) is 0 Å². The number of benzene rings is 2. The van der Waals surface area contributed by atoms with Crippen LogP contribution in [-0.2, 0) is 16.0 Å². The van der Waals surface area contributed by atoms with Crippen molar-refractivity contribution in [2.75, 3.05) is 6.61 Å². The highest BCUT2D eigenvalue weighted by atomic mass is 16.5. The molecule has 0 radical (unpaired) electrons. The summed E-state index contributed by atoms with van der Waals surface area (Å²) in [5.41, 5.74) is 3.74. The number of esters is 1. The molecular weight excluding hydrogens is 272 g/mol. The molecule has 2 nitrogen and oxygen atoms in total. The van der Waals surface area contributed by atoms with E-state index in [-0.39, 0.29) is 11.9 Å². The first-order valence-corrected chi connectivity index (χ1v) is 7.77. The Morgan fingerprint density at radius 2 is 1.68 bits per heavy atom. The van der Waals surface area contributed by atoms with E-state index in [1.165, 1.54) is 11.1 Å². The van der Waals surface area contributed by atoms with E-state index in [1.807, 2.05) is 18.2 Å². The van der Waals surface area contributed by atoms with Crippen LogP contribution in [0.15, 0.2) is 60.7 Å². The maximum atomic E-state index is 11.4. The number of hydrogen-bond acceptors (Lipinski definition) is 2. The zero-order valence-corrected chi connectivity index (χ0v) is 12.6. The molecule has 0 aliphatic heterocycles. The van der Waals surface area contributed by atoms with Gasteiger partial charge in [-0.25, -0.2) is 0 Å². The minimum absolute atomic E-state index is 0.0529. The third-order valence-corrected chi connectivity index (χ3v) is 3.77. The lowest BCUT2D eigenvalue weighted by molar-refractivity contribution is -0.143. The molecule has 0 unspecified atom stereocenters. The molecule has 3 rings (SSSR count). The van der Waals surface area contributed by atoms with Crippen LogP contribution in [0, 0.1) is 5.92 Å². The quantitative estimate of drug-likeness (QED) is 0.744. The number of rotatable bonds is 6. The lowest BCUT2D eigenvalue weighted by Crippen LogP contribution is -2.05. The normalized spacial score (nSPS) is 14.2. The molecule has 1 aliphatic rings. The fourth-order valence-electron chi connectivity index (χ4n) is 2.33. The van der Waals surface area contributed by atoms with Crippen LogP contribution in [0.4, 0.5) is 0 Å². The lowest BCUT2D eigenvalue weighted by atomic mass is 10.0. The molecule has 22 heavy (non-hydrogen) atoms. The Hall–Kier alpha value is -2.35. The average molecular weight is 292 g/mol. The van der Waals surface area contributed by atoms with Crippen LogP contribution >= 0.6 is 0 Å². The van der Waals surface area contributed by atoms with Crippen LogP contribution in [-0.4, -0.2) is 12.6 Å². The predicted octanol–water partition coefficient (Wildman–Crippen LogP) is 4.24. The molecule has 0 N–H and O–H groups in total. The zero-order chi connectivity index (χ0) is 15.2. The third kappa shape index (κ3) is 4.32. The maximum Gasteiger partial charge on any atom is 0.309 e. The smallest absolute Gasteiger partial charge is 0.309 e. The van der Waals surface area contributed by atoms with Gasteiger partial charge in [0, 0.05) is 0 Å². The second kappa shape index (κ2) is 7.08. The van der Waals surface area contributed by atoms with E-state index >= 15 is 0 Å². The Kier molecular flexibility index (Phi) is 4.69. The highest BCUT2D eigenvalue weighted by Crippen LogP contribution is 2.29. The van der Waals surface area contributed by atoms with Crippen molar-refractivity contribution in [3.63, 3.8) is 0 Å². The Bertz CT molecular complexity index is 637. The first kappa shape index (κ1) is 14.6. The topological polar surface area (TPSA) is 26.3 Å². The molecule has 0 atom stereocenters. The molecule has 2 aromatic rings. The van der Waals surface area contributed by atoms with Gasteiger partial charge < -0.3 is 4.74 Å². The number of carbonyl (C=O) groups is 1. The second-order valence-corrected chi connectivity index (χ2v) is 5.71. The van der Waals surface area contributed by atoms with Crippen molar-refractivity contribution in [2.24, 2.45) is 5.92 Å². The molecule has 1 aliphatic carbocycles. The van der Waals surface area contributed by atoms with Gasteiger partial charge in [0.2, 0.25) is 0 Å². The minimum atomic E-state index is -0.0529. The molecule has 0 bridgehead atoms. The van der Waals surface area contributed by atoms with Gasteiger partial charge in [-0.15, -0.1) is 0 Å². The van der Waals surface area contributed by atoms with E-state index < -0.39 is 0 Å². The summed E-state index contributed by atoms with van der Waals surface area (Å²) >= 11 is 0. The molecule has 0 amide bonds. The van der Waals surface area contributed by atoms with Crippen molar-refractivity contribution in [3.05, 3.63) is 77.4 Å². The zero-order valence-electron chi connectivity index (χ0n) is 12.6. The van der Waals surface area contributed by atoms with Crippen LogP contribution in [0.5, 0.6) is 0 Å². The second-order valence-electron chi connectivity index (χ2n) is 5.71. The summed E-state index contributed by atoms with van der Waals surface area (Å²) in [5, 5.41) is 0. The van der Waals surface area contributed by atoms with Crippen LogP contribution in [0.2, 0.25) is 0 Å². The van der Waals surface area contributed by atoms with Gasteiger partial charge in [0.15, 0.2) is 0 Å². The molecule has 0 spiro atoms. The summed E-state index contributed by atoms with van der Waals surface area (Å²) in [6.45, 7) is 0.362. The fourth-order valence-corrected chi connectivity index (χ4v) is 2.33. The van der Waals surface area contributed by atoms with E-state index in [2.05, 4.69) is 48.5 Å². The summed E-state index contributed by atoms with van der Waals surface area (Å²) < 4.78 is 5.16. The Morgan fingerprint density at radius 3 is 2.36 bits per heavy atom. The van der Waals surface area contributed by atoms with Gasteiger partial charge in [0.1, 0.15) is 6.61 Å². The van der Waals surface area contributed by atoms with E-state index in [9.17, 15) is 4.79 Å². The SMILES string of the molecule is O=C(OC/C=C/c1ccc(Cc2ccccc2)cc1)C1CC1. The van der Waals surface area contributed by atoms with Gasteiger partial charge in [-0.05, 0) is 42.0 Å². The molecule has 0 aromatic heterocycles. The van der Waals surface area contributed by atoms with E-state index in [0.29, 0.717) is 6.61 Å². The minimum Gasteiger partial charge on any atom is -0.461 e. The third-order valence-electron chi connectivity index (χ3n) is 3.77. The molecule has 112 valence electrons. The Morgan fingerprint density at radius 1 is 1.00 bits per heavy atom. The van der Waals surface area contributed by atoms with Gasteiger partial charge in [-0.2, -0.15) is 0 Å². The molecule has 0 heterocycles. The van der Waals surface area contributed by atoms with E-state index in [4.69, 9.17) is 4.74 Å². The van der Waals surface area contributed by atoms with Crippen molar-refractivity contribution >= 4 is 12.0 Å². The first-order valence-electron chi connectivity index (χ1n) is 7.77. The van der Waals surface area contributed by atoms with E-state index in [0.717, 1.165) is 24.8 Å². The van der Waals surface area contributed by atoms with Crippen molar-refractivity contribution in [1.82, 2.24) is 0 Å². The summed E-state index contributed by atoms with van der Waals surface area (Å²) in [7, 11) is 0. The number of carbonyl (C=O) groups excluding carboxylic acids is 1. The van der Waals surface area contributed by atoms with Crippen molar-refractivity contribution in [1.29, 1.82) is 0 Å². The average Bonchev–Trinajstić information content (AvgIpc) is 3.39. The molecule has 1 saturated carbocycles. The van der Waals surface area contributed by atoms with Crippen LogP contribution in [0.25, 0.3) is 6.08 Å². The summed E-state index contributed by atoms with van der Waals surface area (Å²) in [4.78, 5) is 11.4. The van der Waals surface area contributed by atoms with Crippen molar-refractivity contribution in [2.45, 2.75) is 19.3 Å². The largest absolute Gasteiger partial charge is 0.461 e. The number of ether oxygens (including phenoxy) is 1. The predicted molar refractivity (Wildman–Crippen MR) is 88.4 cm³/mol. The molecule has 2 aromatic carbocycles. The summed E-state index contributed by atoms with van der Waals surface area (Å²) in [6, 6.07) is 18.9. The van der Waals surface area contributed by atoms with Crippen LogP contribution in [0.3, 0.4) is 0 Å². The standard InChI is InChI=1S/C20H20O2/c21-20(19-12-13-19)22-14-4-7-16-8-10-18(11-9-16)15-17-5-2-1-3-6-17/h1-11,19H,12-15H2/b7-4+. The molecule has 2 heteroatoms. The monoisotopic (exact) mass is 292 g/mol. The summed E-state index contributed by atoms with van der Waals surface area (Å²) in [6.07, 6.45) is 6.82. The van der Waals surface area contributed by atoms with E-state index in [1.54, 1.807) is 0 Å². The van der Waals surface area contributed by atoms with Gasteiger partial charge >= 0.3 is 5.97 Å². The van der Waals surface area contributed by atoms with Gasteiger partial charge in [0.25, 0.3) is 0 Å². The van der Waals surface area contributed by atoms with Crippen LogP contribution in [0.1, 0.15) is 29.5 Å². The highest BCUT2D eigenvalue weighted by molar-refractivity contribution is 5.75. The van der Waals surface area contributed by atoms with Gasteiger partial charge in [-0.3, -0.25) is 4.79 Å². The Balaban J connectivity index is 1.49. The number of hydrogen-bond donors (Lipinski definition) is 0. The van der Waals surface area contributed by atoms with Gasteiger partial charge in [-0.1, -0.05) is 60.7 Å². The van der Waals surface area contributed by atoms with Crippen molar-refractivity contribution < 1.29 is 9.53 Å². The molecule has 1 fully saturated rings. The lowest BCUT2D eigenvalue weighted by Gasteiger charge is -2.03.